The molecule has 0 fully saturated rings. The van der Waals surface area contributed by atoms with Crippen LogP contribution in [0.15, 0.2) is 36.5 Å². The van der Waals surface area contributed by atoms with E-state index in [0.29, 0.717) is 6.54 Å². The first-order valence-corrected chi connectivity index (χ1v) is 6.89. The number of hydrogen-bond acceptors (Lipinski definition) is 3. The molecule has 0 saturated carbocycles. The molecule has 2 heterocycles. The van der Waals surface area contributed by atoms with Crippen LogP contribution in [0.2, 0.25) is 0 Å². The van der Waals surface area contributed by atoms with Crippen molar-refractivity contribution in [1.82, 2.24) is 20.3 Å². The van der Waals surface area contributed by atoms with Crippen LogP contribution in [-0.4, -0.2) is 21.5 Å². The lowest BCUT2D eigenvalue weighted by molar-refractivity contribution is 0.688. The van der Waals surface area contributed by atoms with Crippen molar-refractivity contribution in [1.29, 1.82) is 0 Å². The van der Waals surface area contributed by atoms with Crippen LogP contribution in [0.4, 0.5) is 0 Å². The molecule has 2 aromatic heterocycles. The van der Waals surface area contributed by atoms with E-state index in [0.717, 1.165) is 34.8 Å². The van der Waals surface area contributed by atoms with Crippen LogP contribution in [0.5, 0.6) is 0 Å². The van der Waals surface area contributed by atoms with Crippen LogP contribution in [0.3, 0.4) is 0 Å². The third-order valence-electron chi connectivity index (χ3n) is 3.30. The predicted octanol–water partition coefficient (Wildman–Crippen LogP) is 3.04. The minimum absolute atomic E-state index is 0.702. The lowest BCUT2D eigenvalue weighted by Crippen LogP contribution is -2.15. The molecular weight excluding hydrogens is 248 g/mol. The molecule has 0 aliphatic heterocycles. The average Bonchev–Trinajstić information content (AvgIpc) is 2.88. The summed E-state index contributed by atoms with van der Waals surface area (Å²) in [6.07, 6.45) is 2.02. The summed E-state index contributed by atoms with van der Waals surface area (Å²) in [4.78, 5) is 12.4. The quantitative estimate of drug-likeness (QED) is 0.763. The van der Waals surface area contributed by atoms with Gasteiger partial charge in [0.15, 0.2) is 0 Å². The first-order valence-electron chi connectivity index (χ1n) is 6.89. The predicted molar refractivity (Wildman–Crippen MR) is 81.4 cm³/mol. The van der Waals surface area contributed by atoms with Gasteiger partial charge in [0.2, 0.25) is 0 Å². The monoisotopic (exact) mass is 266 g/mol. The van der Waals surface area contributed by atoms with Crippen molar-refractivity contribution >= 4 is 10.9 Å². The highest BCUT2D eigenvalue weighted by Gasteiger charge is 2.09. The Hall–Kier alpha value is -2.20. The fraction of sp³-hybridized carbons (Fsp3) is 0.250. The van der Waals surface area contributed by atoms with Crippen molar-refractivity contribution < 1.29 is 0 Å². The third kappa shape index (κ3) is 2.42. The summed E-state index contributed by atoms with van der Waals surface area (Å²) >= 11 is 0. The van der Waals surface area contributed by atoms with E-state index in [2.05, 4.69) is 39.3 Å². The lowest BCUT2D eigenvalue weighted by Gasteiger charge is -2.06. The van der Waals surface area contributed by atoms with Gasteiger partial charge in [0.05, 0.1) is 12.2 Å². The first kappa shape index (κ1) is 12.8. The van der Waals surface area contributed by atoms with E-state index < -0.39 is 0 Å². The number of fused-ring (bicyclic) bond motifs is 1. The largest absolute Gasteiger partial charge is 0.360 e. The van der Waals surface area contributed by atoms with Gasteiger partial charge in [-0.2, -0.15) is 0 Å². The van der Waals surface area contributed by atoms with E-state index in [1.54, 1.807) is 0 Å². The molecule has 0 aliphatic carbocycles. The molecule has 20 heavy (non-hydrogen) atoms. The molecule has 3 aromatic rings. The highest BCUT2D eigenvalue weighted by Crippen LogP contribution is 2.27. The zero-order valence-corrected chi connectivity index (χ0v) is 11.8. The molecule has 3 rings (SSSR count). The Kier molecular flexibility index (Phi) is 3.48. The number of aromatic nitrogens is 3. The van der Waals surface area contributed by atoms with Crippen LogP contribution in [0.25, 0.3) is 22.2 Å². The highest BCUT2D eigenvalue weighted by atomic mass is 15.0. The van der Waals surface area contributed by atoms with Crippen molar-refractivity contribution in [2.75, 3.05) is 6.54 Å². The van der Waals surface area contributed by atoms with E-state index in [-0.39, 0.29) is 0 Å². The molecule has 0 spiro atoms. The maximum absolute atomic E-state index is 4.67. The summed E-state index contributed by atoms with van der Waals surface area (Å²) in [6.45, 7) is 5.71. The molecule has 4 heteroatoms. The summed E-state index contributed by atoms with van der Waals surface area (Å²) in [5, 5.41) is 4.46. The second kappa shape index (κ2) is 5.43. The third-order valence-corrected chi connectivity index (χ3v) is 3.30. The summed E-state index contributed by atoms with van der Waals surface area (Å²) in [5.74, 6) is 0.840. The standard InChI is InChI=1S/C16H18N4/c1-3-17-10-16-19-11(2)8-15(20-16)13-9-18-14-7-5-4-6-12(13)14/h4-9,17-18H,3,10H2,1-2H3. The number of aromatic amines is 1. The van der Waals surface area contributed by atoms with Gasteiger partial charge >= 0.3 is 0 Å². The highest BCUT2D eigenvalue weighted by molar-refractivity contribution is 5.94. The Morgan fingerprint density at radius 1 is 1.20 bits per heavy atom. The van der Waals surface area contributed by atoms with Gasteiger partial charge in [0.25, 0.3) is 0 Å². The van der Waals surface area contributed by atoms with Crippen LogP contribution >= 0.6 is 0 Å². The van der Waals surface area contributed by atoms with Crippen molar-refractivity contribution in [3.8, 4) is 11.3 Å². The maximum atomic E-state index is 4.67. The normalized spacial score (nSPS) is 11.1. The van der Waals surface area contributed by atoms with Crippen molar-refractivity contribution in [3.05, 3.63) is 48.0 Å². The topological polar surface area (TPSA) is 53.6 Å². The number of nitrogens with one attached hydrogen (secondary N) is 2. The van der Waals surface area contributed by atoms with Crippen LogP contribution in [-0.2, 0) is 6.54 Å². The zero-order chi connectivity index (χ0) is 13.9. The first-order chi connectivity index (χ1) is 9.78. The molecule has 4 nitrogen and oxygen atoms in total. The molecule has 1 aromatic carbocycles. The summed E-state index contributed by atoms with van der Waals surface area (Å²) in [7, 11) is 0. The van der Waals surface area contributed by atoms with Gasteiger partial charge in [-0.1, -0.05) is 25.1 Å². The smallest absolute Gasteiger partial charge is 0.143 e. The molecule has 0 unspecified atom stereocenters. The molecule has 102 valence electrons. The van der Waals surface area contributed by atoms with Gasteiger partial charge in [-0.25, -0.2) is 9.97 Å². The van der Waals surface area contributed by atoms with Gasteiger partial charge in [-0.3, -0.25) is 0 Å². The van der Waals surface area contributed by atoms with E-state index in [1.165, 1.54) is 5.39 Å². The van der Waals surface area contributed by atoms with Crippen molar-refractivity contribution in [3.63, 3.8) is 0 Å². The number of nitrogens with zero attached hydrogens (tertiary/aromatic N) is 2. The molecule has 0 atom stereocenters. The molecule has 0 bridgehead atoms. The van der Waals surface area contributed by atoms with Gasteiger partial charge < -0.3 is 10.3 Å². The Labute approximate surface area is 118 Å². The number of hydrogen-bond donors (Lipinski definition) is 2. The van der Waals surface area contributed by atoms with Crippen LogP contribution < -0.4 is 5.32 Å². The number of benzene rings is 1. The number of H-pyrrole nitrogens is 1. The second-order valence-electron chi connectivity index (χ2n) is 4.84. The molecular formula is C16H18N4. The maximum Gasteiger partial charge on any atom is 0.143 e. The van der Waals surface area contributed by atoms with Gasteiger partial charge in [0, 0.05) is 28.4 Å². The summed E-state index contributed by atoms with van der Waals surface area (Å²) < 4.78 is 0. The molecule has 0 amide bonds. The lowest BCUT2D eigenvalue weighted by atomic mass is 10.1. The SMILES string of the molecule is CCNCc1nc(C)cc(-c2c[nH]c3ccccc23)n1. The molecule has 0 aliphatic rings. The summed E-state index contributed by atoms with van der Waals surface area (Å²) in [5.41, 5.74) is 4.23. The average molecular weight is 266 g/mol. The van der Waals surface area contributed by atoms with E-state index in [9.17, 15) is 0 Å². The molecule has 2 N–H and O–H groups in total. The fourth-order valence-electron chi connectivity index (χ4n) is 2.37. The zero-order valence-electron chi connectivity index (χ0n) is 11.8. The summed E-state index contributed by atoms with van der Waals surface area (Å²) in [6, 6.07) is 10.3. The van der Waals surface area contributed by atoms with E-state index in [1.807, 2.05) is 31.3 Å². The Morgan fingerprint density at radius 2 is 2.05 bits per heavy atom. The van der Waals surface area contributed by atoms with Crippen LogP contribution in [0.1, 0.15) is 18.4 Å². The van der Waals surface area contributed by atoms with Gasteiger partial charge in [0.1, 0.15) is 5.82 Å². The van der Waals surface area contributed by atoms with Gasteiger partial charge in [-0.15, -0.1) is 0 Å². The fourth-order valence-corrected chi connectivity index (χ4v) is 2.37. The minimum Gasteiger partial charge on any atom is -0.360 e. The molecule has 0 saturated heterocycles. The van der Waals surface area contributed by atoms with Crippen LogP contribution in [0, 0.1) is 6.92 Å². The number of para-hydroxylation sites is 1. The van der Waals surface area contributed by atoms with E-state index in [4.69, 9.17) is 0 Å². The van der Waals surface area contributed by atoms with Crippen molar-refractivity contribution in [2.45, 2.75) is 20.4 Å². The van der Waals surface area contributed by atoms with Crippen molar-refractivity contribution in [2.24, 2.45) is 0 Å². The molecule has 0 radical (unpaired) electrons. The Bertz CT molecular complexity index is 730. The number of rotatable bonds is 4. The Balaban J connectivity index is 2.07. The number of aryl methyl sites for hydroxylation is 1. The minimum atomic E-state index is 0.702. The second-order valence-corrected chi connectivity index (χ2v) is 4.84. The van der Waals surface area contributed by atoms with E-state index >= 15 is 0 Å². The Morgan fingerprint density at radius 3 is 2.90 bits per heavy atom. The van der Waals surface area contributed by atoms with Gasteiger partial charge in [-0.05, 0) is 25.6 Å².